The predicted molar refractivity (Wildman–Crippen MR) is 66.8 cm³/mol. The summed E-state index contributed by atoms with van der Waals surface area (Å²) in [6, 6.07) is 7.31. The molecule has 15 heavy (non-hydrogen) atoms. The van der Waals surface area contributed by atoms with Crippen molar-refractivity contribution < 1.29 is 0 Å². The Bertz CT molecular complexity index is 346. The summed E-state index contributed by atoms with van der Waals surface area (Å²) in [5, 5.41) is 3.47. The van der Waals surface area contributed by atoms with Crippen molar-refractivity contribution in [1.82, 2.24) is 0 Å². The van der Waals surface area contributed by atoms with Gasteiger partial charge in [-0.2, -0.15) is 0 Å². The van der Waals surface area contributed by atoms with E-state index in [0.29, 0.717) is 6.04 Å². The minimum Gasteiger partial charge on any atom is -0.382 e. The number of benzene rings is 1. The van der Waals surface area contributed by atoms with Gasteiger partial charge in [-0.15, -0.1) is 0 Å². The van der Waals surface area contributed by atoms with Gasteiger partial charge in [0.2, 0.25) is 0 Å². The maximum Gasteiger partial charge on any atom is 0.0605 e. The number of aryl methyl sites for hydroxylation is 1. The first kappa shape index (κ1) is 10.3. The molecular formula is C13H20N2. The maximum atomic E-state index is 3.47. The third-order valence-corrected chi connectivity index (χ3v) is 3.25. The largest absolute Gasteiger partial charge is 0.382 e. The van der Waals surface area contributed by atoms with Crippen molar-refractivity contribution in [3.05, 3.63) is 23.8 Å². The lowest BCUT2D eigenvalue weighted by atomic mass is 10.1. The highest BCUT2D eigenvalue weighted by atomic mass is 15.2. The molecule has 1 atom stereocenters. The minimum absolute atomic E-state index is 0.633. The van der Waals surface area contributed by atoms with E-state index in [1.807, 2.05) is 0 Å². The smallest absolute Gasteiger partial charge is 0.0605 e. The summed E-state index contributed by atoms with van der Waals surface area (Å²) < 4.78 is 0. The number of nitrogens with zero attached hydrogens (tertiary/aromatic N) is 1. The average molecular weight is 204 g/mol. The van der Waals surface area contributed by atoms with Gasteiger partial charge >= 0.3 is 0 Å². The van der Waals surface area contributed by atoms with Crippen LogP contribution in [0.1, 0.15) is 25.8 Å². The Kier molecular flexibility index (Phi) is 2.85. The maximum absolute atomic E-state index is 3.47. The molecule has 2 nitrogen and oxygen atoms in total. The molecule has 1 heterocycles. The molecule has 0 aromatic heterocycles. The lowest BCUT2D eigenvalue weighted by Gasteiger charge is -2.36. The van der Waals surface area contributed by atoms with Gasteiger partial charge in [0.1, 0.15) is 0 Å². The van der Waals surface area contributed by atoms with Gasteiger partial charge in [-0.25, -0.2) is 0 Å². The summed E-state index contributed by atoms with van der Waals surface area (Å²) in [4.78, 5) is 2.51. The van der Waals surface area contributed by atoms with E-state index in [4.69, 9.17) is 0 Å². The average Bonchev–Trinajstić information content (AvgIpc) is 2.26. The van der Waals surface area contributed by atoms with Crippen molar-refractivity contribution in [1.29, 1.82) is 0 Å². The Balaban J connectivity index is 2.34. The van der Waals surface area contributed by atoms with Crippen LogP contribution in [0.2, 0.25) is 0 Å². The standard InChI is InChI=1S/C13H20N2/c1-4-11(3)15-8-7-14-12-9-10(2)5-6-13(12)15/h5-6,9,11,14H,4,7-8H2,1-3H3. The molecule has 0 fully saturated rings. The van der Waals surface area contributed by atoms with Crippen LogP contribution < -0.4 is 10.2 Å². The zero-order valence-corrected chi connectivity index (χ0v) is 9.88. The van der Waals surface area contributed by atoms with Crippen LogP contribution in [0.4, 0.5) is 11.4 Å². The zero-order chi connectivity index (χ0) is 10.8. The van der Waals surface area contributed by atoms with E-state index in [0.717, 1.165) is 13.1 Å². The normalized spacial score (nSPS) is 16.9. The summed E-state index contributed by atoms with van der Waals surface area (Å²) >= 11 is 0. The number of fused-ring (bicyclic) bond motifs is 1. The highest BCUT2D eigenvalue weighted by Gasteiger charge is 2.19. The Labute approximate surface area is 92.3 Å². The highest BCUT2D eigenvalue weighted by molar-refractivity contribution is 5.73. The molecule has 1 aromatic rings. The van der Waals surface area contributed by atoms with Crippen LogP contribution in [0.25, 0.3) is 0 Å². The van der Waals surface area contributed by atoms with Gasteiger partial charge in [0, 0.05) is 19.1 Å². The van der Waals surface area contributed by atoms with Crippen LogP contribution in [0.5, 0.6) is 0 Å². The third-order valence-electron chi connectivity index (χ3n) is 3.25. The first-order valence-electron chi connectivity index (χ1n) is 5.83. The van der Waals surface area contributed by atoms with Crippen molar-refractivity contribution in [3.8, 4) is 0 Å². The topological polar surface area (TPSA) is 15.3 Å². The Morgan fingerprint density at radius 1 is 1.47 bits per heavy atom. The Morgan fingerprint density at radius 2 is 2.27 bits per heavy atom. The summed E-state index contributed by atoms with van der Waals surface area (Å²) in [5.41, 5.74) is 3.98. The lowest BCUT2D eigenvalue weighted by molar-refractivity contribution is 0.616. The number of rotatable bonds is 2. The van der Waals surface area contributed by atoms with Crippen LogP contribution in [0.3, 0.4) is 0 Å². The number of hydrogen-bond acceptors (Lipinski definition) is 2. The van der Waals surface area contributed by atoms with E-state index in [9.17, 15) is 0 Å². The summed E-state index contributed by atoms with van der Waals surface area (Å²) in [5.74, 6) is 0. The molecule has 0 bridgehead atoms. The minimum atomic E-state index is 0.633. The second-order valence-electron chi connectivity index (χ2n) is 4.40. The van der Waals surface area contributed by atoms with E-state index in [2.05, 4.69) is 49.2 Å². The van der Waals surface area contributed by atoms with Crippen LogP contribution in [-0.4, -0.2) is 19.1 Å². The fourth-order valence-electron chi connectivity index (χ4n) is 2.15. The summed E-state index contributed by atoms with van der Waals surface area (Å²) in [6.07, 6.45) is 1.20. The monoisotopic (exact) mass is 204 g/mol. The Hall–Kier alpha value is -1.18. The summed E-state index contributed by atoms with van der Waals surface area (Å²) in [7, 11) is 0. The van der Waals surface area contributed by atoms with Gasteiger partial charge in [0.15, 0.2) is 0 Å². The molecule has 0 saturated carbocycles. The van der Waals surface area contributed by atoms with Crippen molar-refractivity contribution in [3.63, 3.8) is 0 Å². The van der Waals surface area contributed by atoms with Crippen LogP contribution in [0, 0.1) is 6.92 Å². The first-order chi connectivity index (χ1) is 7.22. The quantitative estimate of drug-likeness (QED) is 0.796. The van der Waals surface area contributed by atoms with Crippen LogP contribution in [-0.2, 0) is 0 Å². The summed E-state index contributed by atoms with van der Waals surface area (Å²) in [6.45, 7) is 8.87. The molecule has 82 valence electrons. The van der Waals surface area contributed by atoms with Gasteiger partial charge in [-0.05, 0) is 38.0 Å². The second kappa shape index (κ2) is 4.13. The molecule has 1 N–H and O–H groups in total. The molecule has 1 aliphatic rings. The van der Waals surface area contributed by atoms with Gasteiger partial charge < -0.3 is 10.2 Å². The van der Waals surface area contributed by atoms with E-state index >= 15 is 0 Å². The molecule has 0 saturated heterocycles. The number of hydrogen-bond donors (Lipinski definition) is 1. The lowest BCUT2D eigenvalue weighted by Crippen LogP contribution is -2.40. The molecule has 1 unspecified atom stereocenters. The van der Waals surface area contributed by atoms with Gasteiger partial charge in [-0.3, -0.25) is 0 Å². The fraction of sp³-hybridized carbons (Fsp3) is 0.538. The van der Waals surface area contributed by atoms with Gasteiger partial charge in [-0.1, -0.05) is 13.0 Å². The van der Waals surface area contributed by atoms with E-state index in [1.54, 1.807) is 0 Å². The van der Waals surface area contributed by atoms with Crippen molar-refractivity contribution in [2.24, 2.45) is 0 Å². The molecule has 0 aliphatic carbocycles. The molecule has 1 aliphatic heterocycles. The molecule has 0 spiro atoms. The number of anilines is 2. The second-order valence-corrected chi connectivity index (χ2v) is 4.40. The molecule has 1 aromatic carbocycles. The fourth-order valence-corrected chi connectivity index (χ4v) is 2.15. The van der Waals surface area contributed by atoms with Crippen molar-refractivity contribution >= 4 is 11.4 Å². The van der Waals surface area contributed by atoms with Gasteiger partial charge in [0.05, 0.1) is 11.4 Å². The van der Waals surface area contributed by atoms with E-state index < -0.39 is 0 Å². The highest BCUT2D eigenvalue weighted by Crippen LogP contribution is 2.31. The molecule has 2 heteroatoms. The third kappa shape index (κ3) is 1.94. The first-order valence-corrected chi connectivity index (χ1v) is 5.83. The van der Waals surface area contributed by atoms with Crippen molar-refractivity contribution in [2.45, 2.75) is 33.2 Å². The molecular weight excluding hydrogens is 184 g/mol. The SMILES string of the molecule is CCC(C)N1CCNc2cc(C)ccc21. The van der Waals surface area contributed by atoms with Gasteiger partial charge in [0.25, 0.3) is 0 Å². The van der Waals surface area contributed by atoms with Crippen LogP contribution >= 0.6 is 0 Å². The zero-order valence-electron chi connectivity index (χ0n) is 9.88. The molecule has 2 rings (SSSR count). The number of nitrogens with one attached hydrogen (secondary N) is 1. The molecule has 0 amide bonds. The van der Waals surface area contributed by atoms with Crippen LogP contribution in [0.15, 0.2) is 18.2 Å². The molecule has 0 radical (unpaired) electrons. The van der Waals surface area contributed by atoms with E-state index in [1.165, 1.54) is 23.4 Å². The predicted octanol–water partition coefficient (Wildman–Crippen LogP) is 3.03. The van der Waals surface area contributed by atoms with Crippen molar-refractivity contribution in [2.75, 3.05) is 23.3 Å². The van der Waals surface area contributed by atoms with E-state index in [-0.39, 0.29) is 0 Å². The Morgan fingerprint density at radius 3 is 3.00 bits per heavy atom.